The minimum atomic E-state index is -0.00939. The SMILES string of the molecule is CC#CCNC(C)C(Cl)c1ccccc1. The second-order valence-electron chi connectivity index (χ2n) is 3.41. The fraction of sp³-hybridized carbons (Fsp3) is 0.385. The Morgan fingerprint density at radius 3 is 2.60 bits per heavy atom. The first-order chi connectivity index (χ1) is 7.25. The Morgan fingerprint density at radius 2 is 2.00 bits per heavy atom. The topological polar surface area (TPSA) is 12.0 Å². The highest BCUT2D eigenvalue weighted by Gasteiger charge is 2.14. The van der Waals surface area contributed by atoms with Crippen molar-refractivity contribution in [3.05, 3.63) is 35.9 Å². The quantitative estimate of drug-likeness (QED) is 0.609. The van der Waals surface area contributed by atoms with Gasteiger partial charge in [0, 0.05) is 6.04 Å². The maximum absolute atomic E-state index is 6.32. The summed E-state index contributed by atoms with van der Waals surface area (Å²) in [4.78, 5) is 0. The third-order valence-corrected chi connectivity index (χ3v) is 2.88. The van der Waals surface area contributed by atoms with E-state index in [0.717, 1.165) is 5.56 Å². The van der Waals surface area contributed by atoms with Gasteiger partial charge in [-0.05, 0) is 19.4 Å². The van der Waals surface area contributed by atoms with Crippen molar-refractivity contribution >= 4 is 11.6 Å². The van der Waals surface area contributed by atoms with Crippen molar-refractivity contribution in [3.63, 3.8) is 0 Å². The van der Waals surface area contributed by atoms with Gasteiger partial charge in [0.05, 0.1) is 11.9 Å². The van der Waals surface area contributed by atoms with E-state index in [-0.39, 0.29) is 11.4 Å². The van der Waals surface area contributed by atoms with Crippen molar-refractivity contribution in [3.8, 4) is 11.8 Å². The average Bonchev–Trinajstić information content (AvgIpc) is 2.29. The van der Waals surface area contributed by atoms with E-state index in [4.69, 9.17) is 11.6 Å². The molecule has 0 aliphatic heterocycles. The highest BCUT2D eigenvalue weighted by Crippen LogP contribution is 2.23. The molecule has 0 radical (unpaired) electrons. The molecule has 1 N–H and O–H groups in total. The van der Waals surface area contributed by atoms with Crippen molar-refractivity contribution in [2.75, 3.05) is 6.54 Å². The monoisotopic (exact) mass is 221 g/mol. The standard InChI is InChI=1S/C13H16ClN/c1-3-4-10-15-11(2)13(14)12-8-6-5-7-9-12/h5-9,11,13,15H,10H2,1-2H3. The fourth-order valence-corrected chi connectivity index (χ4v) is 1.56. The molecule has 1 nitrogen and oxygen atoms in total. The van der Waals surface area contributed by atoms with Crippen LogP contribution in [0.2, 0.25) is 0 Å². The van der Waals surface area contributed by atoms with Gasteiger partial charge in [0.1, 0.15) is 0 Å². The van der Waals surface area contributed by atoms with Crippen LogP contribution in [0.1, 0.15) is 24.8 Å². The molecular formula is C13H16ClN. The first-order valence-electron chi connectivity index (χ1n) is 5.07. The predicted octanol–water partition coefficient (Wildman–Crippen LogP) is 2.97. The molecule has 1 rings (SSSR count). The molecule has 0 fully saturated rings. The molecule has 0 aliphatic rings. The summed E-state index contributed by atoms with van der Waals surface area (Å²) in [5, 5.41) is 3.27. The van der Waals surface area contributed by atoms with Gasteiger partial charge >= 0.3 is 0 Å². The largest absolute Gasteiger partial charge is 0.302 e. The first kappa shape index (κ1) is 12.1. The van der Waals surface area contributed by atoms with Gasteiger partial charge in [-0.3, -0.25) is 0 Å². The normalized spacial score (nSPS) is 13.8. The van der Waals surface area contributed by atoms with E-state index < -0.39 is 0 Å². The number of hydrogen-bond acceptors (Lipinski definition) is 1. The zero-order chi connectivity index (χ0) is 11.1. The molecule has 0 spiro atoms. The molecule has 2 unspecified atom stereocenters. The molecule has 1 aromatic rings. The van der Waals surface area contributed by atoms with Crippen LogP contribution in [-0.2, 0) is 0 Å². The predicted molar refractivity (Wildman–Crippen MR) is 66.0 cm³/mol. The average molecular weight is 222 g/mol. The molecular weight excluding hydrogens is 206 g/mol. The second kappa shape index (κ2) is 6.50. The van der Waals surface area contributed by atoms with Crippen molar-refractivity contribution in [2.45, 2.75) is 25.3 Å². The Balaban J connectivity index is 2.52. The smallest absolute Gasteiger partial charge is 0.0736 e. The van der Waals surface area contributed by atoms with Crippen LogP contribution in [0, 0.1) is 11.8 Å². The molecule has 1 aromatic carbocycles. The van der Waals surface area contributed by atoms with Gasteiger partial charge in [0.2, 0.25) is 0 Å². The maximum atomic E-state index is 6.32. The lowest BCUT2D eigenvalue weighted by molar-refractivity contribution is 0.570. The molecule has 15 heavy (non-hydrogen) atoms. The van der Waals surface area contributed by atoms with Crippen LogP contribution >= 0.6 is 11.6 Å². The third kappa shape index (κ3) is 3.95. The van der Waals surface area contributed by atoms with E-state index in [2.05, 4.69) is 24.1 Å². The van der Waals surface area contributed by atoms with Crippen LogP contribution in [0.3, 0.4) is 0 Å². The van der Waals surface area contributed by atoms with Gasteiger partial charge in [-0.1, -0.05) is 36.3 Å². The van der Waals surface area contributed by atoms with E-state index in [1.807, 2.05) is 37.3 Å². The summed E-state index contributed by atoms with van der Waals surface area (Å²) in [5.41, 5.74) is 1.14. The third-order valence-electron chi connectivity index (χ3n) is 2.25. The Morgan fingerprint density at radius 1 is 1.33 bits per heavy atom. The van der Waals surface area contributed by atoms with Crippen molar-refractivity contribution in [1.29, 1.82) is 0 Å². The molecule has 0 aliphatic carbocycles. The summed E-state index contributed by atoms with van der Waals surface area (Å²) in [6.07, 6.45) is 0. The van der Waals surface area contributed by atoms with Gasteiger partial charge in [0.25, 0.3) is 0 Å². The van der Waals surface area contributed by atoms with E-state index >= 15 is 0 Å². The second-order valence-corrected chi connectivity index (χ2v) is 3.88. The van der Waals surface area contributed by atoms with Crippen LogP contribution in [0.15, 0.2) is 30.3 Å². The number of alkyl halides is 1. The van der Waals surface area contributed by atoms with Gasteiger partial charge < -0.3 is 5.32 Å². The molecule has 0 amide bonds. The zero-order valence-corrected chi connectivity index (χ0v) is 9.88. The lowest BCUT2D eigenvalue weighted by Gasteiger charge is -2.18. The minimum absolute atomic E-state index is 0.00939. The van der Waals surface area contributed by atoms with Crippen LogP contribution < -0.4 is 5.32 Å². The summed E-state index contributed by atoms with van der Waals surface area (Å²) in [7, 11) is 0. The number of halogens is 1. The molecule has 0 saturated heterocycles. The summed E-state index contributed by atoms with van der Waals surface area (Å²) < 4.78 is 0. The molecule has 2 atom stereocenters. The van der Waals surface area contributed by atoms with Crippen molar-refractivity contribution < 1.29 is 0 Å². The van der Waals surface area contributed by atoms with Crippen molar-refractivity contribution in [1.82, 2.24) is 5.32 Å². The summed E-state index contributed by atoms with van der Waals surface area (Å²) in [6.45, 7) is 4.59. The zero-order valence-electron chi connectivity index (χ0n) is 9.13. The Bertz CT molecular complexity index is 337. The summed E-state index contributed by atoms with van der Waals surface area (Å²) in [5.74, 6) is 5.81. The lowest BCUT2D eigenvalue weighted by atomic mass is 10.1. The van der Waals surface area contributed by atoms with Crippen LogP contribution in [0.5, 0.6) is 0 Å². The van der Waals surface area contributed by atoms with E-state index in [1.165, 1.54) is 0 Å². The molecule has 0 heterocycles. The molecule has 0 saturated carbocycles. The van der Waals surface area contributed by atoms with Gasteiger partial charge in [0.15, 0.2) is 0 Å². The highest BCUT2D eigenvalue weighted by molar-refractivity contribution is 6.21. The van der Waals surface area contributed by atoms with Crippen LogP contribution in [0.4, 0.5) is 0 Å². The number of rotatable bonds is 4. The molecule has 0 aromatic heterocycles. The minimum Gasteiger partial charge on any atom is -0.302 e. The highest BCUT2D eigenvalue weighted by atomic mass is 35.5. The number of benzene rings is 1. The lowest BCUT2D eigenvalue weighted by Crippen LogP contribution is -2.30. The number of nitrogens with one attached hydrogen (secondary N) is 1. The summed E-state index contributed by atoms with van der Waals surface area (Å²) in [6, 6.07) is 10.3. The van der Waals surface area contributed by atoms with Gasteiger partial charge in [-0.25, -0.2) is 0 Å². The van der Waals surface area contributed by atoms with Crippen LogP contribution in [-0.4, -0.2) is 12.6 Å². The van der Waals surface area contributed by atoms with E-state index in [9.17, 15) is 0 Å². The fourth-order valence-electron chi connectivity index (χ4n) is 1.33. The molecule has 80 valence electrons. The first-order valence-corrected chi connectivity index (χ1v) is 5.51. The van der Waals surface area contributed by atoms with Crippen LogP contribution in [0.25, 0.3) is 0 Å². The van der Waals surface area contributed by atoms with E-state index in [1.54, 1.807) is 0 Å². The van der Waals surface area contributed by atoms with Gasteiger partial charge in [-0.2, -0.15) is 0 Å². The van der Waals surface area contributed by atoms with E-state index in [0.29, 0.717) is 6.54 Å². The van der Waals surface area contributed by atoms with Gasteiger partial charge in [-0.15, -0.1) is 17.5 Å². The molecule has 2 heteroatoms. The Labute approximate surface area is 96.8 Å². The molecule has 0 bridgehead atoms. The Kier molecular flexibility index (Phi) is 5.25. The Hall–Kier alpha value is -0.970. The summed E-state index contributed by atoms with van der Waals surface area (Å²) >= 11 is 6.32. The number of hydrogen-bond donors (Lipinski definition) is 1. The maximum Gasteiger partial charge on any atom is 0.0736 e. The van der Waals surface area contributed by atoms with Crippen molar-refractivity contribution in [2.24, 2.45) is 0 Å².